The van der Waals surface area contributed by atoms with Gasteiger partial charge in [0.15, 0.2) is 0 Å². The number of aliphatic hydroxyl groups is 1. The van der Waals surface area contributed by atoms with E-state index in [0.29, 0.717) is 6.54 Å². The van der Waals surface area contributed by atoms with Gasteiger partial charge in [-0.15, -0.1) is 0 Å². The zero-order chi connectivity index (χ0) is 13.5. The third kappa shape index (κ3) is 3.27. The van der Waals surface area contributed by atoms with Crippen LogP contribution in [0.15, 0.2) is 24.3 Å². The lowest BCUT2D eigenvalue weighted by Gasteiger charge is -2.20. The molecule has 98 valence electrons. The molecule has 0 aromatic heterocycles. The molecule has 6 heteroatoms. The van der Waals surface area contributed by atoms with Gasteiger partial charge in [-0.2, -0.15) is 0 Å². The molecule has 0 fully saturated rings. The molecule has 1 aromatic carbocycles. The highest BCUT2D eigenvalue weighted by Crippen LogP contribution is 2.19. The second-order valence-corrected chi connectivity index (χ2v) is 3.79. The van der Waals surface area contributed by atoms with E-state index < -0.39 is 10.8 Å². The second kappa shape index (κ2) is 6.70. The summed E-state index contributed by atoms with van der Waals surface area (Å²) in [5.74, 6) is -0.418. The van der Waals surface area contributed by atoms with E-state index in [1.54, 1.807) is 6.07 Å². The number of benzene rings is 1. The standard InChI is InChI=1S/C12H16N2O4/c1-2-7-13(8-9-15)12(16)10-5-3-4-6-11(10)14(17)18/h3-6,15H,2,7-9H2,1H3. The number of aliphatic hydroxyl groups excluding tert-OH is 1. The summed E-state index contributed by atoms with van der Waals surface area (Å²) in [6.07, 6.45) is 0.729. The average molecular weight is 252 g/mol. The molecule has 18 heavy (non-hydrogen) atoms. The van der Waals surface area contributed by atoms with Crippen molar-refractivity contribution in [2.45, 2.75) is 13.3 Å². The fourth-order valence-corrected chi connectivity index (χ4v) is 1.69. The number of carbonyl (C=O) groups is 1. The van der Waals surface area contributed by atoms with Gasteiger partial charge in [0.25, 0.3) is 11.6 Å². The van der Waals surface area contributed by atoms with E-state index in [0.717, 1.165) is 6.42 Å². The number of nitro groups is 1. The summed E-state index contributed by atoms with van der Waals surface area (Å²) in [6.45, 7) is 2.38. The summed E-state index contributed by atoms with van der Waals surface area (Å²) in [5.41, 5.74) is -0.147. The van der Waals surface area contributed by atoms with Crippen molar-refractivity contribution in [1.29, 1.82) is 0 Å². The molecule has 6 nitrogen and oxygen atoms in total. The molecule has 0 heterocycles. The van der Waals surface area contributed by atoms with Crippen LogP contribution in [-0.2, 0) is 0 Å². The van der Waals surface area contributed by atoms with E-state index in [-0.39, 0.29) is 24.4 Å². The van der Waals surface area contributed by atoms with Gasteiger partial charge in [0.2, 0.25) is 0 Å². The summed E-state index contributed by atoms with van der Waals surface area (Å²) in [4.78, 5) is 23.9. The fourth-order valence-electron chi connectivity index (χ4n) is 1.69. The van der Waals surface area contributed by atoms with Gasteiger partial charge in [-0.1, -0.05) is 19.1 Å². The number of nitro benzene ring substituents is 1. The Labute approximate surface area is 105 Å². The Balaban J connectivity index is 3.04. The third-order valence-electron chi connectivity index (χ3n) is 2.48. The molecule has 1 rings (SSSR count). The van der Waals surface area contributed by atoms with Crippen molar-refractivity contribution < 1.29 is 14.8 Å². The zero-order valence-electron chi connectivity index (χ0n) is 10.2. The van der Waals surface area contributed by atoms with Gasteiger partial charge in [0, 0.05) is 19.2 Å². The monoisotopic (exact) mass is 252 g/mol. The van der Waals surface area contributed by atoms with Crippen LogP contribution in [0.25, 0.3) is 0 Å². The van der Waals surface area contributed by atoms with E-state index in [1.807, 2.05) is 6.92 Å². The highest BCUT2D eigenvalue weighted by molar-refractivity contribution is 5.98. The molecular formula is C12H16N2O4. The molecule has 1 aromatic rings. The number of amides is 1. The lowest BCUT2D eigenvalue weighted by atomic mass is 10.1. The highest BCUT2D eigenvalue weighted by atomic mass is 16.6. The first-order valence-electron chi connectivity index (χ1n) is 5.75. The molecule has 0 bridgehead atoms. The minimum Gasteiger partial charge on any atom is -0.395 e. The molecule has 1 N–H and O–H groups in total. The first-order chi connectivity index (χ1) is 8.61. The topological polar surface area (TPSA) is 83.7 Å². The van der Waals surface area contributed by atoms with Crippen LogP contribution in [0.4, 0.5) is 5.69 Å². The molecule has 0 atom stereocenters. The van der Waals surface area contributed by atoms with Crippen molar-refractivity contribution >= 4 is 11.6 Å². The van der Waals surface area contributed by atoms with Crippen LogP contribution in [0.1, 0.15) is 23.7 Å². The molecule has 0 saturated heterocycles. The molecular weight excluding hydrogens is 236 g/mol. The number of rotatable bonds is 6. The normalized spacial score (nSPS) is 10.1. The second-order valence-electron chi connectivity index (χ2n) is 3.79. The number of carbonyl (C=O) groups excluding carboxylic acids is 1. The van der Waals surface area contributed by atoms with Gasteiger partial charge in [0.1, 0.15) is 5.56 Å². The minimum atomic E-state index is -0.573. The van der Waals surface area contributed by atoms with Gasteiger partial charge < -0.3 is 10.0 Å². The summed E-state index contributed by atoms with van der Waals surface area (Å²) >= 11 is 0. The number of para-hydroxylation sites is 1. The molecule has 0 aliphatic carbocycles. The Hall–Kier alpha value is -1.95. The van der Waals surface area contributed by atoms with Gasteiger partial charge in [0.05, 0.1) is 11.5 Å². The minimum absolute atomic E-state index is 0.0596. The summed E-state index contributed by atoms with van der Waals surface area (Å²) in [5, 5.41) is 19.8. The van der Waals surface area contributed by atoms with Crippen molar-refractivity contribution in [3.63, 3.8) is 0 Å². The van der Waals surface area contributed by atoms with Crippen molar-refractivity contribution in [1.82, 2.24) is 4.90 Å². The van der Waals surface area contributed by atoms with Crippen LogP contribution >= 0.6 is 0 Å². The van der Waals surface area contributed by atoms with Crippen LogP contribution in [-0.4, -0.2) is 40.5 Å². The quantitative estimate of drug-likeness (QED) is 0.613. The Kier molecular flexibility index (Phi) is 5.26. The summed E-state index contributed by atoms with van der Waals surface area (Å²) in [6, 6.07) is 5.84. The van der Waals surface area contributed by atoms with E-state index in [9.17, 15) is 14.9 Å². The smallest absolute Gasteiger partial charge is 0.282 e. The van der Waals surface area contributed by atoms with Gasteiger partial charge in [-0.25, -0.2) is 0 Å². The Bertz CT molecular complexity index is 428. The largest absolute Gasteiger partial charge is 0.395 e. The van der Waals surface area contributed by atoms with Crippen LogP contribution in [0.5, 0.6) is 0 Å². The molecule has 0 aliphatic rings. The first-order valence-corrected chi connectivity index (χ1v) is 5.75. The van der Waals surface area contributed by atoms with E-state index in [2.05, 4.69) is 0 Å². The van der Waals surface area contributed by atoms with E-state index >= 15 is 0 Å². The zero-order valence-corrected chi connectivity index (χ0v) is 10.2. The molecule has 0 radical (unpaired) electrons. The van der Waals surface area contributed by atoms with Gasteiger partial charge in [-0.05, 0) is 12.5 Å². The lowest BCUT2D eigenvalue weighted by Crippen LogP contribution is -2.34. The lowest BCUT2D eigenvalue weighted by molar-refractivity contribution is -0.385. The highest BCUT2D eigenvalue weighted by Gasteiger charge is 2.23. The predicted octanol–water partition coefficient (Wildman–Crippen LogP) is 1.44. The number of hydrogen-bond donors (Lipinski definition) is 1. The fraction of sp³-hybridized carbons (Fsp3) is 0.417. The van der Waals surface area contributed by atoms with E-state index in [4.69, 9.17) is 5.11 Å². The van der Waals surface area contributed by atoms with Gasteiger partial charge in [-0.3, -0.25) is 14.9 Å². The molecule has 0 unspecified atom stereocenters. The molecule has 0 spiro atoms. The average Bonchev–Trinajstić information content (AvgIpc) is 2.37. The van der Waals surface area contributed by atoms with Crippen molar-refractivity contribution in [3.05, 3.63) is 39.9 Å². The van der Waals surface area contributed by atoms with Crippen molar-refractivity contribution in [2.24, 2.45) is 0 Å². The van der Waals surface area contributed by atoms with E-state index in [1.165, 1.54) is 23.1 Å². The van der Waals surface area contributed by atoms with Crippen molar-refractivity contribution in [2.75, 3.05) is 19.7 Å². The van der Waals surface area contributed by atoms with Gasteiger partial charge >= 0.3 is 0 Å². The number of hydrogen-bond acceptors (Lipinski definition) is 4. The van der Waals surface area contributed by atoms with Crippen LogP contribution in [0, 0.1) is 10.1 Å². The molecule has 0 aliphatic heterocycles. The van der Waals surface area contributed by atoms with Crippen LogP contribution in [0.2, 0.25) is 0 Å². The van der Waals surface area contributed by atoms with Crippen LogP contribution in [0.3, 0.4) is 0 Å². The van der Waals surface area contributed by atoms with Crippen LogP contribution < -0.4 is 0 Å². The Morgan fingerprint density at radius 3 is 2.61 bits per heavy atom. The Morgan fingerprint density at radius 1 is 1.39 bits per heavy atom. The summed E-state index contributed by atoms with van der Waals surface area (Å²) < 4.78 is 0. The Morgan fingerprint density at radius 2 is 2.06 bits per heavy atom. The maximum atomic E-state index is 12.2. The SMILES string of the molecule is CCCN(CCO)C(=O)c1ccccc1[N+](=O)[O-]. The first kappa shape index (κ1) is 14.1. The molecule has 1 amide bonds. The third-order valence-corrected chi connectivity index (χ3v) is 2.48. The maximum Gasteiger partial charge on any atom is 0.282 e. The molecule has 0 saturated carbocycles. The predicted molar refractivity (Wildman–Crippen MR) is 66.4 cm³/mol. The maximum absolute atomic E-state index is 12.2. The number of nitrogens with zero attached hydrogens (tertiary/aromatic N) is 2. The van der Waals surface area contributed by atoms with Crippen molar-refractivity contribution in [3.8, 4) is 0 Å². The summed E-state index contributed by atoms with van der Waals surface area (Å²) in [7, 11) is 0.